The number of nitrogens with zero attached hydrogens (tertiary/aromatic N) is 7. The highest BCUT2D eigenvalue weighted by atomic mass is 16.3. The fourth-order valence-electron chi connectivity index (χ4n) is 9.20. The molecule has 13 rings (SSSR count). The summed E-state index contributed by atoms with van der Waals surface area (Å²) in [7, 11) is 0. The molecular formula is C49H31N7O. The lowest BCUT2D eigenvalue weighted by Gasteiger charge is -2.23. The number of hydrogen-bond donors (Lipinski definition) is 0. The van der Waals surface area contributed by atoms with Crippen LogP contribution >= 0.6 is 0 Å². The molecule has 57 heavy (non-hydrogen) atoms. The summed E-state index contributed by atoms with van der Waals surface area (Å²) in [5.74, 6) is 1.84. The third-order valence-electron chi connectivity index (χ3n) is 11.8. The maximum absolute atomic E-state index is 6.31. The number of furan rings is 1. The van der Waals surface area contributed by atoms with Crippen LogP contribution in [-0.4, -0.2) is 28.5 Å². The first-order chi connectivity index (χ1) is 28.2. The van der Waals surface area contributed by atoms with E-state index in [1.165, 1.54) is 5.70 Å². The van der Waals surface area contributed by atoms with Gasteiger partial charge < -0.3 is 8.98 Å². The monoisotopic (exact) mass is 733 g/mol. The van der Waals surface area contributed by atoms with Crippen molar-refractivity contribution in [3.8, 4) is 27.9 Å². The lowest BCUT2D eigenvalue weighted by molar-refractivity contribution is 0.637. The van der Waals surface area contributed by atoms with Crippen LogP contribution in [0.3, 0.4) is 0 Å². The number of aromatic nitrogens is 6. The minimum Gasteiger partial charge on any atom is -0.438 e. The minimum atomic E-state index is 0.214. The van der Waals surface area contributed by atoms with Crippen molar-refractivity contribution in [2.75, 3.05) is 4.90 Å². The molecule has 5 aromatic heterocycles. The molecule has 6 aromatic carbocycles. The molecule has 0 spiro atoms. The number of fused-ring (bicyclic) bond motifs is 13. The molecule has 8 nitrogen and oxygen atoms in total. The molecule has 0 saturated carbocycles. The molecule has 0 saturated heterocycles. The Kier molecular flexibility index (Phi) is 6.12. The largest absolute Gasteiger partial charge is 0.438 e. The van der Waals surface area contributed by atoms with Gasteiger partial charge >= 0.3 is 0 Å². The van der Waals surface area contributed by atoms with Crippen molar-refractivity contribution in [3.63, 3.8) is 0 Å². The van der Waals surface area contributed by atoms with Crippen molar-refractivity contribution < 1.29 is 4.42 Å². The summed E-state index contributed by atoms with van der Waals surface area (Å²) in [5, 5.41) is 2.01. The fraction of sp³-hybridized carbons (Fsp3) is 0.0408. The highest BCUT2D eigenvalue weighted by molar-refractivity contribution is 6.06. The van der Waals surface area contributed by atoms with E-state index < -0.39 is 0 Å². The van der Waals surface area contributed by atoms with Gasteiger partial charge in [-0.15, -0.1) is 0 Å². The van der Waals surface area contributed by atoms with Crippen molar-refractivity contribution in [1.82, 2.24) is 28.5 Å². The first-order valence-electron chi connectivity index (χ1n) is 19.3. The Hall–Kier alpha value is -7.71. The van der Waals surface area contributed by atoms with Crippen LogP contribution in [0.25, 0.3) is 88.9 Å². The molecule has 0 fully saturated rings. The lowest BCUT2D eigenvalue weighted by atomic mass is 10.0. The Morgan fingerprint density at radius 3 is 2.16 bits per heavy atom. The second kappa shape index (κ2) is 11.4. The van der Waals surface area contributed by atoms with E-state index in [4.69, 9.17) is 19.4 Å². The number of hydrogen-bond acceptors (Lipinski definition) is 5. The van der Waals surface area contributed by atoms with E-state index >= 15 is 0 Å². The van der Waals surface area contributed by atoms with Gasteiger partial charge in [-0.3, -0.25) is 13.9 Å². The summed E-state index contributed by atoms with van der Waals surface area (Å²) in [6.45, 7) is 0. The molecule has 1 aliphatic carbocycles. The fourth-order valence-corrected chi connectivity index (χ4v) is 9.20. The third kappa shape index (κ3) is 4.35. The predicted molar refractivity (Wildman–Crippen MR) is 228 cm³/mol. The first-order valence-corrected chi connectivity index (χ1v) is 19.3. The number of rotatable bonds is 4. The SMILES string of the molecule is C1=CCC2C(=C1)N(c1cccc(-c3ccc4oc5ncc(-c6cccc(-n7c8ccccc8n8c9ccccc9nc78)c6)cc5c4c3)c1)c1nc3ccccc3n12. The molecule has 1 aliphatic heterocycles. The topological polar surface area (TPSA) is 69.3 Å². The molecule has 8 heteroatoms. The van der Waals surface area contributed by atoms with Crippen LogP contribution in [0, 0.1) is 0 Å². The highest BCUT2D eigenvalue weighted by Crippen LogP contribution is 2.48. The molecule has 0 N–H and O–H groups in total. The van der Waals surface area contributed by atoms with Gasteiger partial charge in [-0.2, -0.15) is 0 Å². The molecule has 0 bridgehead atoms. The number of benzene rings is 6. The standard InChI is InChI=1S/C49H31N7O/c1-3-17-40-38(15-1)51-48-53(42-19-5-7-21-44(42)55(40)48)34-13-9-11-30(25-34)32-23-24-46-36(27-32)37-28-33(29-50-47(37)57-46)31-12-10-14-35(26-31)54-43-20-6-8-22-45(43)56-41-18-4-2-16-39(41)52-49(54)56/h1-20,22-29,44H,21H2. The van der Waals surface area contributed by atoms with E-state index in [2.05, 4.69) is 176 Å². The average Bonchev–Trinajstić information content (AvgIpc) is 4.07. The molecule has 2 aliphatic rings. The number of allylic oxidation sites excluding steroid dienone is 4. The minimum absolute atomic E-state index is 0.214. The average molecular weight is 734 g/mol. The molecular weight excluding hydrogens is 703 g/mol. The maximum atomic E-state index is 6.31. The van der Waals surface area contributed by atoms with E-state index in [1.807, 2.05) is 12.3 Å². The van der Waals surface area contributed by atoms with Crippen molar-refractivity contribution in [2.45, 2.75) is 12.5 Å². The summed E-state index contributed by atoms with van der Waals surface area (Å²) in [6.07, 6.45) is 9.49. The lowest BCUT2D eigenvalue weighted by Crippen LogP contribution is -2.16. The Labute approximate surface area is 325 Å². The van der Waals surface area contributed by atoms with Gasteiger partial charge in [0.15, 0.2) is 0 Å². The summed E-state index contributed by atoms with van der Waals surface area (Å²) in [6, 6.07) is 51.5. The van der Waals surface area contributed by atoms with Gasteiger partial charge in [-0.05, 0) is 108 Å². The number of imidazole rings is 3. The van der Waals surface area contributed by atoms with Gasteiger partial charge in [0, 0.05) is 39.6 Å². The van der Waals surface area contributed by atoms with Crippen molar-refractivity contribution in [2.24, 2.45) is 0 Å². The Morgan fingerprint density at radius 2 is 1.28 bits per heavy atom. The third-order valence-corrected chi connectivity index (χ3v) is 11.8. The van der Waals surface area contributed by atoms with Gasteiger partial charge in [-0.1, -0.05) is 78.9 Å². The van der Waals surface area contributed by atoms with Crippen LogP contribution in [0.15, 0.2) is 180 Å². The second-order valence-corrected chi connectivity index (χ2v) is 14.9. The summed E-state index contributed by atoms with van der Waals surface area (Å²) in [5.41, 5.74) is 15.6. The van der Waals surface area contributed by atoms with Gasteiger partial charge in [-0.25, -0.2) is 15.0 Å². The molecule has 1 atom stereocenters. The smallest absolute Gasteiger partial charge is 0.227 e. The van der Waals surface area contributed by atoms with E-state index in [0.717, 1.165) is 101 Å². The molecule has 0 amide bonds. The summed E-state index contributed by atoms with van der Waals surface area (Å²) in [4.78, 5) is 17.4. The Morgan fingerprint density at radius 1 is 0.579 bits per heavy atom. The second-order valence-electron chi connectivity index (χ2n) is 14.9. The zero-order valence-electron chi connectivity index (χ0n) is 30.5. The van der Waals surface area contributed by atoms with E-state index in [0.29, 0.717) is 5.71 Å². The molecule has 268 valence electrons. The van der Waals surface area contributed by atoms with Crippen LogP contribution < -0.4 is 4.90 Å². The van der Waals surface area contributed by atoms with Gasteiger partial charge in [0.25, 0.3) is 0 Å². The molecule has 6 heterocycles. The zero-order valence-corrected chi connectivity index (χ0v) is 30.5. The molecule has 1 unspecified atom stereocenters. The Bertz CT molecular complexity index is 3540. The van der Waals surface area contributed by atoms with Crippen LogP contribution in [-0.2, 0) is 0 Å². The number of para-hydroxylation sites is 6. The maximum Gasteiger partial charge on any atom is 0.227 e. The predicted octanol–water partition coefficient (Wildman–Crippen LogP) is 11.9. The van der Waals surface area contributed by atoms with Crippen molar-refractivity contribution in [3.05, 3.63) is 176 Å². The summed E-state index contributed by atoms with van der Waals surface area (Å²) < 4.78 is 13.2. The van der Waals surface area contributed by atoms with Crippen LogP contribution in [0.4, 0.5) is 11.6 Å². The normalized spacial score (nSPS) is 15.1. The molecule has 11 aromatic rings. The van der Waals surface area contributed by atoms with E-state index in [1.54, 1.807) is 0 Å². The van der Waals surface area contributed by atoms with Crippen LogP contribution in [0.5, 0.6) is 0 Å². The number of anilines is 2. The first kappa shape index (κ1) is 30.6. The van der Waals surface area contributed by atoms with E-state index in [-0.39, 0.29) is 6.04 Å². The van der Waals surface area contributed by atoms with Crippen LogP contribution in [0.2, 0.25) is 0 Å². The number of pyridine rings is 1. The van der Waals surface area contributed by atoms with Crippen LogP contribution in [0.1, 0.15) is 12.5 Å². The Balaban J connectivity index is 0.907. The van der Waals surface area contributed by atoms with Crippen molar-refractivity contribution >= 4 is 72.6 Å². The van der Waals surface area contributed by atoms with E-state index in [9.17, 15) is 0 Å². The summed E-state index contributed by atoms with van der Waals surface area (Å²) >= 11 is 0. The van der Waals surface area contributed by atoms with Crippen molar-refractivity contribution in [1.29, 1.82) is 0 Å². The quantitative estimate of drug-likeness (QED) is 0.180. The highest BCUT2D eigenvalue weighted by Gasteiger charge is 2.37. The molecule has 0 radical (unpaired) electrons. The van der Waals surface area contributed by atoms with Gasteiger partial charge in [0.2, 0.25) is 17.4 Å². The van der Waals surface area contributed by atoms with Gasteiger partial charge in [0.05, 0.1) is 39.1 Å². The zero-order chi connectivity index (χ0) is 37.2. The van der Waals surface area contributed by atoms with Gasteiger partial charge in [0.1, 0.15) is 5.58 Å².